The fourth-order valence-corrected chi connectivity index (χ4v) is 2.70. The van der Waals surface area contributed by atoms with Crippen LogP contribution < -0.4 is 9.64 Å². The summed E-state index contributed by atoms with van der Waals surface area (Å²) in [6.07, 6.45) is -0.169. The third-order valence-corrected chi connectivity index (χ3v) is 4.10. The van der Waals surface area contributed by atoms with Crippen LogP contribution in [0.3, 0.4) is 0 Å². The van der Waals surface area contributed by atoms with Crippen molar-refractivity contribution in [1.82, 2.24) is 4.98 Å². The van der Waals surface area contributed by atoms with Crippen LogP contribution in [0.4, 0.5) is 11.6 Å². The van der Waals surface area contributed by atoms with Crippen LogP contribution in [-0.2, 0) is 11.3 Å². The van der Waals surface area contributed by atoms with Crippen molar-refractivity contribution in [3.63, 3.8) is 0 Å². The molecular formula is C16H14ClN3O4. The minimum atomic E-state index is -0.650. The molecule has 1 aliphatic heterocycles. The molecule has 0 N–H and O–H groups in total. The first-order chi connectivity index (χ1) is 11.5. The molecule has 0 spiro atoms. The molecule has 1 aromatic heterocycles. The van der Waals surface area contributed by atoms with E-state index in [1.54, 1.807) is 18.2 Å². The molecular weight excluding hydrogens is 334 g/mol. The summed E-state index contributed by atoms with van der Waals surface area (Å²) in [5.41, 5.74) is 0.725. The van der Waals surface area contributed by atoms with Crippen molar-refractivity contribution in [2.24, 2.45) is 0 Å². The average Bonchev–Trinajstić information content (AvgIpc) is 2.58. The van der Waals surface area contributed by atoms with E-state index in [0.717, 1.165) is 5.56 Å². The number of aromatic nitrogens is 1. The van der Waals surface area contributed by atoms with Gasteiger partial charge in [0.2, 0.25) is 0 Å². The molecule has 0 radical (unpaired) electrons. The van der Waals surface area contributed by atoms with E-state index >= 15 is 0 Å². The van der Waals surface area contributed by atoms with Crippen LogP contribution in [0, 0.1) is 10.1 Å². The molecule has 1 aromatic carbocycles. The van der Waals surface area contributed by atoms with E-state index in [-0.39, 0.29) is 24.1 Å². The zero-order valence-corrected chi connectivity index (χ0v) is 13.6. The maximum Gasteiger partial charge on any atom is 0.366 e. The van der Waals surface area contributed by atoms with E-state index in [1.165, 1.54) is 17.0 Å². The Kier molecular flexibility index (Phi) is 4.35. The Bertz CT molecular complexity index is 812. The van der Waals surface area contributed by atoms with Crippen LogP contribution in [0.5, 0.6) is 5.75 Å². The number of nitrogens with zero attached hydrogens (tertiary/aromatic N) is 3. The molecule has 1 unspecified atom stereocenters. The SMILES string of the molecule is CCC1Oc2ccc([N+](=O)[O-])nc2N(Cc2ccccc2Cl)C1=O. The number of carbonyl (C=O) groups is 1. The van der Waals surface area contributed by atoms with Gasteiger partial charge in [0.25, 0.3) is 11.7 Å². The number of hydrogen-bond acceptors (Lipinski definition) is 5. The number of anilines is 1. The van der Waals surface area contributed by atoms with Crippen molar-refractivity contribution in [2.45, 2.75) is 26.0 Å². The van der Waals surface area contributed by atoms with E-state index in [4.69, 9.17) is 16.3 Å². The van der Waals surface area contributed by atoms with Gasteiger partial charge in [-0.15, -0.1) is 0 Å². The summed E-state index contributed by atoms with van der Waals surface area (Å²) in [6.45, 7) is 2.00. The zero-order chi connectivity index (χ0) is 17.3. The number of rotatable bonds is 4. The second-order valence-electron chi connectivity index (χ2n) is 5.28. The van der Waals surface area contributed by atoms with Crippen molar-refractivity contribution in [3.8, 4) is 5.75 Å². The van der Waals surface area contributed by atoms with Gasteiger partial charge >= 0.3 is 5.82 Å². The van der Waals surface area contributed by atoms with Crippen molar-refractivity contribution in [1.29, 1.82) is 0 Å². The maximum atomic E-state index is 12.7. The molecule has 1 atom stereocenters. The molecule has 0 fully saturated rings. The monoisotopic (exact) mass is 347 g/mol. The predicted octanol–water partition coefficient (Wildman–Crippen LogP) is 3.35. The van der Waals surface area contributed by atoms with E-state index in [0.29, 0.717) is 17.2 Å². The molecule has 3 rings (SSSR count). The Balaban J connectivity index is 2.06. The van der Waals surface area contributed by atoms with Gasteiger partial charge in [-0.3, -0.25) is 9.69 Å². The number of ether oxygens (including phenoxy) is 1. The van der Waals surface area contributed by atoms with Crippen LogP contribution in [0.1, 0.15) is 18.9 Å². The second-order valence-corrected chi connectivity index (χ2v) is 5.69. The normalized spacial score (nSPS) is 16.5. The Morgan fingerprint density at radius 1 is 1.33 bits per heavy atom. The Morgan fingerprint density at radius 2 is 2.08 bits per heavy atom. The number of halogens is 1. The van der Waals surface area contributed by atoms with Gasteiger partial charge in [0.05, 0.1) is 6.54 Å². The minimum absolute atomic E-state index is 0.138. The largest absolute Gasteiger partial charge is 0.474 e. The zero-order valence-electron chi connectivity index (χ0n) is 12.8. The van der Waals surface area contributed by atoms with Gasteiger partial charge in [-0.25, -0.2) is 0 Å². The Hall–Kier alpha value is -2.67. The van der Waals surface area contributed by atoms with Gasteiger partial charge in [0.15, 0.2) is 11.9 Å². The van der Waals surface area contributed by atoms with Crippen molar-refractivity contribution in [3.05, 3.63) is 57.1 Å². The van der Waals surface area contributed by atoms with Crippen molar-refractivity contribution in [2.75, 3.05) is 4.90 Å². The molecule has 24 heavy (non-hydrogen) atoms. The fourth-order valence-electron chi connectivity index (χ4n) is 2.50. The highest BCUT2D eigenvalue weighted by Crippen LogP contribution is 2.36. The summed E-state index contributed by atoms with van der Waals surface area (Å²) in [5, 5.41) is 11.5. The maximum absolute atomic E-state index is 12.7. The molecule has 8 heteroatoms. The minimum Gasteiger partial charge on any atom is -0.474 e. The molecule has 2 aromatic rings. The first kappa shape index (κ1) is 16.2. The molecule has 0 aliphatic carbocycles. The van der Waals surface area contributed by atoms with Crippen LogP contribution in [0.25, 0.3) is 0 Å². The highest BCUT2D eigenvalue weighted by atomic mass is 35.5. The van der Waals surface area contributed by atoms with Gasteiger partial charge in [-0.05, 0) is 34.0 Å². The third-order valence-electron chi connectivity index (χ3n) is 3.74. The lowest BCUT2D eigenvalue weighted by Crippen LogP contribution is -2.45. The van der Waals surface area contributed by atoms with E-state index in [2.05, 4.69) is 4.98 Å². The predicted molar refractivity (Wildman–Crippen MR) is 88.2 cm³/mol. The van der Waals surface area contributed by atoms with Crippen molar-refractivity contribution >= 4 is 29.1 Å². The Morgan fingerprint density at radius 3 is 2.75 bits per heavy atom. The lowest BCUT2D eigenvalue weighted by atomic mass is 10.1. The first-order valence-electron chi connectivity index (χ1n) is 7.38. The molecule has 0 bridgehead atoms. The van der Waals surface area contributed by atoms with Gasteiger partial charge in [0.1, 0.15) is 0 Å². The first-order valence-corrected chi connectivity index (χ1v) is 7.76. The number of fused-ring (bicyclic) bond motifs is 1. The van der Waals surface area contributed by atoms with E-state index < -0.39 is 11.0 Å². The molecule has 7 nitrogen and oxygen atoms in total. The highest BCUT2D eigenvalue weighted by Gasteiger charge is 2.38. The van der Waals surface area contributed by atoms with Gasteiger partial charge in [-0.2, -0.15) is 0 Å². The second kappa shape index (κ2) is 6.45. The third kappa shape index (κ3) is 2.90. The van der Waals surface area contributed by atoms with Gasteiger partial charge < -0.3 is 14.9 Å². The fraction of sp³-hybridized carbons (Fsp3) is 0.250. The molecule has 0 saturated carbocycles. The topological polar surface area (TPSA) is 85.6 Å². The summed E-state index contributed by atoms with van der Waals surface area (Å²) in [6, 6.07) is 9.85. The number of benzene rings is 1. The van der Waals surface area contributed by atoms with Crippen LogP contribution >= 0.6 is 11.6 Å². The van der Waals surface area contributed by atoms with Crippen LogP contribution in [0.2, 0.25) is 5.02 Å². The lowest BCUT2D eigenvalue weighted by Gasteiger charge is -2.30. The number of carbonyl (C=O) groups excluding carboxylic acids is 1. The van der Waals surface area contributed by atoms with E-state index in [1.807, 2.05) is 13.0 Å². The molecule has 0 saturated heterocycles. The van der Waals surface area contributed by atoms with Gasteiger partial charge in [0, 0.05) is 11.1 Å². The van der Waals surface area contributed by atoms with Crippen LogP contribution in [-0.4, -0.2) is 21.9 Å². The Labute approximate surface area is 143 Å². The molecule has 1 aliphatic rings. The van der Waals surface area contributed by atoms with E-state index in [9.17, 15) is 14.9 Å². The smallest absolute Gasteiger partial charge is 0.366 e. The molecule has 1 amide bonds. The number of hydrogen-bond donors (Lipinski definition) is 0. The standard InChI is InChI=1S/C16H14ClN3O4/c1-2-12-16(21)19(9-10-5-3-4-6-11(10)17)15-13(24-12)7-8-14(18-15)20(22)23/h3-8,12H,2,9H2,1H3. The van der Waals surface area contributed by atoms with Gasteiger partial charge in [-0.1, -0.05) is 36.7 Å². The number of amides is 1. The van der Waals surface area contributed by atoms with Crippen molar-refractivity contribution < 1.29 is 14.5 Å². The highest BCUT2D eigenvalue weighted by molar-refractivity contribution is 6.31. The summed E-state index contributed by atoms with van der Waals surface area (Å²) >= 11 is 6.17. The average molecular weight is 348 g/mol. The molecule has 2 heterocycles. The number of nitro groups is 1. The summed E-state index contributed by atoms with van der Waals surface area (Å²) in [7, 11) is 0. The lowest BCUT2D eigenvalue weighted by molar-refractivity contribution is -0.389. The molecule has 124 valence electrons. The summed E-state index contributed by atoms with van der Waals surface area (Å²) in [5.74, 6) is -0.153. The quantitative estimate of drug-likeness (QED) is 0.625. The summed E-state index contributed by atoms with van der Waals surface area (Å²) in [4.78, 5) is 28.4. The van der Waals surface area contributed by atoms with Crippen LogP contribution in [0.15, 0.2) is 36.4 Å². The summed E-state index contributed by atoms with van der Waals surface area (Å²) < 4.78 is 5.62. The number of pyridine rings is 1.